The van der Waals surface area contributed by atoms with Crippen molar-refractivity contribution >= 4 is 27.0 Å². The van der Waals surface area contributed by atoms with Gasteiger partial charge in [-0.2, -0.15) is 0 Å². The van der Waals surface area contributed by atoms with Gasteiger partial charge in [-0.3, -0.25) is 4.72 Å². The van der Waals surface area contributed by atoms with Crippen molar-refractivity contribution in [2.24, 2.45) is 0 Å². The Kier molecular flexibility index (Phi) is 5.87. The second kappa shape index (κ2) is 8.17. The van der Waals surface area contributed by atoms with E-state index in [1.807, 2.05) is 26.0 Å². The Morgan fingerprint density at radius 2 is 2.00 bits per heavy atom. The molecule has 0 unspecified atom stereocenters. The van der Waals surface area contributed by atoms with Gasteiger partial charge in [0.25, 0.3) is 10.0 Å². The smallest absolute Gasteiger partial charge is 0.260 e. The number of aryl methyl sites for hydroxylation is 2. The average Bonchev–Trinajstić information content (AvgIpc) is 3.07. The van der Waals surface area contributed by atoms with Crippen LogP contribution in [0.4, 0.5) is 11.4 Å². The Labute approximate surface area is 166 Å². The van der Waals surface area contributed by atoms with Crippen LogP contribution >= 0.6 is 0 Å². The fourth-order valence-electron chi connectivity index (χ4n) is 3.62. The van der Waals surface area contributed by atoms with Gasteiger partial charge in [0.15, 0.2) is 5.69 Å². The number of allylic oxidation sites excluding steroid dienone is 2. The highest BCUT2D eigenvalue weighted by Crippen LogP contribution is 2.36. The lowest BCUT2D eigenvalue weighted by atomic mass is 9.99. The molecule has 1 aliphatic rings. The van der Waals surface area contributed by atoms with E-state index in [2.05, 4.69) is 15.6 Å². The quantitative estimate of drug-likeness (QED) is 0.536. The van der Waals surface area contributed by atoms with E-state index in [9.17, 15) is 8.42 Å². The van der Waals surface area contributed by atoms with Crippen molar-refractivity contribution < 1.29 is 13.2 Å². The van der Waals surface area contributed by atoms with Gasteiger partial charge in [-0.15, -0.1) is 0 Å². The summed E-state index contributed by atoms with van der Waals surface area (Å²) in [6, 6.07) is 8.49. The van der Waals surface area contributed by atoms with Crippen LogP contribution < -0.4 is 4.72 Å². The fourth-order valence-corrected chi connectivity index (χ4v) is 4.73. The van der Waals surface area contributed by atoms with Crippen LogP contribution in [0.25, 0.3) is 10.4 Å². The first-order valence-corrected chi connectivity index (χ1v) is 10.7. The van der Waals surface area contributed by atoms with Crippen molar-refractivity contribution in [2.45, 2.75) is 38.0 Å². The number of fused-ring (bicyclic) bond motifs is 1. The van der Waals surface area contributed by atoms with E-state index in [1.54, 1.807) is 19.2 Å². The minimum Gasteiger partial charge on any atom is -0.385 e. The minimum absolute atomic E-state index is 0.103. The van der Waals surface area contributed by atoms with Crippen molar-refractivity contribution in [3.8, 4) is 0 Å². The molecule has 1 aliphatic carbocycles. The predicted octanol–water partition coefficient (Wildman–Crippen LogP) is 4.89. The number of rotatable bonds is 7. The number of hydrogen-bond donors (Lipinski definition) is 1. The zero-order valence-electron chi connectivity index (χ0n) is 16.4. The summed E-state index contributed by atoms with van der Waals surface area (Å²) in [6.45, 7) is 12.1. The molecule has 2 aromatic carbocycles. The summed E-state index contributed by atoms with van der Waals surface area (Å²) in [5.74, 6) is 0. The molecule has 0 aromatic heterocycles. The summed E-state index contributed by atoms with van der Waals surface area (Å²) < 4.78 is 33.7. The Bertz CT molecular complexity index is 1080. The zero-order valence-corrected chi connectivity index (χ0v) is 17.2. The molecule has 1 N–H and O–H groups in total. The van der Waals surface area contributed by atoms with Crippen molar-refractivity contribution in [3.63, 3.8) is 0 Å². The van der Waals surface area contributed by atoms with Crippen molar-refractivity contribution in [3.05, 3.63) is 70.1 Å². The second-order valence-corrected chi connectivity index (χ2v) is 8.66. The molecule has 6 heteroatoms. The van der Waals surface area contributed by atoms with Gasteiger partial charge >= 0.3 is 0 Å². The SMILES string of the molecule is [C-]#[N+]c1cc(S(=O)(=O)Nc2ccc(C)c3c2CC=C3C)ccc1CCCOC. The monoisotopic (exact) mass is 396 g/mol. The first-order chi connectivity index (χ1) is 13.4. The van der Waals surface area contributed by atoms with Crippen LogP contribution in [0, 0.1) is 13.5 Å². The molecule has 0 saturated carbocycles. The maximum Gasteiger partial charge on any atom is 0.260 e. The molecule has 0 amide bonds. The lowest BCUT2D eigenvalue weighted by Crippen LogP contribution is -2.14. The molecule has 0 heterocycles. The van der Waals surface area contributed by atoms with Crippen LogP contribution in [0.1, 0.15) is 35.6 Å². The molecule has 0 aliphatic heterocycles. The lowest BCUT2D eigenvalue weighted by Gasteiger charge is -2.15. The zero-order chi connectivity index (χ0) is 20.3. The molecule has 146 valence electrons. The van der Waals surface area contributed by atoms with Crippen LogP contribution in [-0.4, -0.2) is 22.1 Å². The Hall–Kier alpha value is -2.62. The standard InChI is InChI=1S/C22H24N2O3S/c1-15-7-11-19-20(12-8-16(2)22(15)19)24-28(25,26)18-10-9-17(6-5-13-27-4)21(14-18)23-3/h7-10,12,14,24H,5-6,11,13H2,1-2,4H3. The highest BCUT2D eigenvalue weighted by atomic mass is 32.2. The van der Waals surface area contributed by atoms with E-state index in [4.69, 9.17) is 11.3 Å². The number of anilines is 1. The van der Waals surface area contributed by atoms with Gasteiger partial charge in [-0.25, -0.2) is 13.3 Å². The Morgan fingerprint density at radius 1 is 1.21 bits per heavy atom. The third kappa shape index (κ3) is 3.96. The van der Waals surface area contributed by atoms with Gasteiger partial charge < -0.3 is 4.74 Å². The maximum absolute atomic E-state index is 13.0. The summed E-state index contributed by atoms with van der Waals surface area (Å²) in [6.07, 6.45) is 4.29. The minimum atomic E-state index is -3.78. The molecular weight excluding hydrogens is 372 g/mol. The summed E-state index contributed by atoms with van der Waals surface area (Å²) in [4.78, 5) is 3.62. The molecule has 0 bridgehead atoms. The Balaban J connectivity index is 1.90. The maximum atomic E-state index is 13.0. The number of nitrogens with zero attached hydrogens (tertiary/aromatic N) is 1. The van der Waals surface area contributed by atoms with E-state index >= 15 is 0 Å². The summed E-state index contributed by atoms with van der Waals surface area (Å²) in [5, 5.41) is 0. The topological polar surface area (TPSA) is 59.8 Å². The number of benzene rings is 2. The van der Waals surface area contributed by atoms with Gasteiger partial charge in [0.2, 0.25) is 0 Å². The highest BCUT2D eigenvalue weighted by Gasteiger charge is 2.22. The van der Waals surface area contributed by atoms with E-state index in [-0.39, 0.29) is 4.90 Å². The fraction of sp³-hybridized carbons (Fsp3) is 0.318. The summed E-state index contributed by atoms with van der Waals surface area (Å²) in [7, 11) is -2.15. The first-order valence-electron chi connectivity index (χ1n) is 9.19. The number of methoxy groups -OCH3 is 1. The molecule has 0 fully saturated rings. The second-order valence-electron chi connectivity index (χ2n) is 6.98. The number of nitrogens with one attached hydrogen (secondary N) is 1. The number of ether oxygens (including phenoxy) is 1. The van der Waals surface area contributed by atoms with Gasteiger partial charge in [-0.1, -0.05) is 18.2 Å². The van der Waals surface area contributed by atoms with Crippen LogP contribution in [0.15, 0.2) is 41.3 Å². The van der Waals surface area contributed by atoms with E-state index in [1.165, 1.54) is 11.6 Å². The van der Waals surface area contributed by atoms with Gasteiger partial charge in [0.1, 0.15) is 0 Å². The van der Waals surface area contributed by atoms with Crippen LogP contribution in [0.2, 0.25) is 0 Å². The molecule has 0 saturated heterocycles. The predicted molar refractivity (Wildman–Crippen MR) is 112 cm³/mol. The van der Waals surface area contributed by atoms with Crippen LogP contribution in [0.3, 0.4) is 0 Å². The van der Waals surface area contributed by atoms with Crippen molar-refractivity contribution in [1.29, 1.82) is 0 Å². The van der Waals surface area contributed by atoms with Crippen LogP contribution in [-0.2, 0) is 27.6 Å². The van der Waals surface area contributed by atoms with E-state index < -0.39 is 10.0 Å². The largest absolute Gasteiger partial charge is 0.385 e. The molecule has 28 heavy (non-hydrogen) atoms. The Morgan fingerprint density at radius 3 is 2.71 bits per heavy atom. The molecule has 0 radical (unpaired) electrons. The van der Waals surface area contributed by atoms with Gasteiger partial charge in [0.05, 0.1) is 17.2 Å². The normalized spacial score (nSPS) is 13.0. The van der Waals surface area contributed by atoms with E-state index in [0.29, 0.717) is 30.8 Å². The van der Waals surface area contributed by atoms with Gasteiger partial charge in [-0.05, 0) is 79.1 Å². The van der Waals surface area contributed by atoms with E-state index in [0.717, 1.165) is 28.7 Å². The third-order valence-electron chi connectivity index (χ3n) is 5.05. The van der Waals surface area contributed by atoms with Crippen molar-refractivity contribution in [2.75, 3.05) is 18.4 Å². The van der Waals surface area contributed by atoms with Crippen molar-refractivity contribution in [1.82, 2.24) is 0 Å². The summed E-state index contributed by atoms with van der Waals surface area (Å²) in [5.41, 5.74) is 6.23. The van der Waals surface area contributed by atoms with Gasteiger partial charge in [0, 0.05) is 13.7 Å². The highest BCUT2D eigenvalue weighted by molar-refractivity contribution is 7.92. The lowest BCUT2D eigenvalue weighted by molar-refractivity contribution is 0.195. The number of sulfonamides is 1. The molecule has 3 rings (SSSR count). The molecule has 2 aromatic rings. The average molecular weight is 397 g/mol. The number of hydrogen-bond acceptors (Lipinski definition) is 3. The molecular formula is C22H24N2O3S. The molecule has 0 atom stereocenters. The summed E-state index contributed by atoms with van der Waals surface area (Å²) >= 11 is 0. The molecule has 0 spiro atoms. The molecule has 5 nitrogen and oxygen atoms in total. The first kappa shape index (κ1) is 20.1. The van der Waals surface area contributed by atoms with Crippen LogP contribution in [0.5, 0.6) is 0 Å². The third-order valence-corrected chi connectivity index (χ3v) is 6.42.